The van der Waals surface area contributed by atoms with Crippen molar-refractivity contribution >= 4 is 0 Å². The number of benzene rings is 1. The first-order valence-corrected chi connectivity index (χ1v) is 4.91. The van der Waals surface area contributed by atoms with E-state index in [0.29, 0.717) is 0 Å². The molecule has 0 bridgehead atoms. The van der Waals surface area contributed by atoms with Crippen LogP contribution in [-0.4, -0.2) is 0 Å². The van der Waals surface area contributed by atoms with Crippen LogP contribution in [0.3, 0.4) is 0 Å². The summed E-state index contributed by atoms with van der Waals surface area (Å²) < 4.78 is 12.9. The Morgan fingerprint density at radius 3 is 2.73 bits per heavy atom. The molecule has 15 heavy (non-hydrogen) atoms. The number of hydrogen-bond donors (Lipinski definition) is 2. The van der Waals surface area contributed by atoms with Crippen molar-refractivity contribution < 1.29 is 4.39 Å². The number of hydrogen-bond acceptors (Lipinski definition) is 2. The summed E-state index contributed by atoms with van der Waals surface area (Å²) in [5, 5.41) is 0. The van der Waals surface area contributed by atoms with Gasteiger partial charge < -0.3 is 0 Å². The predicted molar refractivity (Wildman–Crippen MR) is 60.6 cm³/mol. The summed E-state index contributed by atoms with van der Waals surface area (Å²) in [4.78, 5) is 0. The number of aryl methyl sites for hydroxylation is 1. The fraction of sp³-hybridized carbons (Fsp3) is 0.333. The fourth-order valence-electron chi connectivity index (χ4n) is 1.64. The molecule has 0 amide bonds. The van der Waals surface area contributed by atoms with Gasteiger partial charge in [-0.2, -0.15) is 0 Å². The minimum atomic E-state index is -0.220. The van der Waals surface area contributed by atoms with Crippen molar-refractivity contribution in [2.75, 3.05) is 0 Å². The average Bonchev–Trinajstić information content (AvgIpc) is 2.14. The molecule has 0 aromatic heterocycles. The summed E-state index contributed by atoms with van der Waals surface area (Å²) in [6.45, 7) is 7.67. The second-order valence-corrected chi connectivity index (χ2v) is 3.88. The van der Waals surface area contributed by atoms with Gasteiger partial charge in [0.05, 0.1) is 0 Å². The summed E-state index contributed by atoms with van der Waals surface area (Å²) in [5.41, 5.74) is 5.69. The highest BCUT2D eigenvalue weighted by Crippen LogP contribution is 2.23. The number of rotatable bonds is 4. The first-order chi connectivity index (χ1) is 7.04. The van der Waals surface area contributed by atoms with Crippen LogP contribution in [0.25, 0.3) is 0 Å². The van der Waals surface area contributed by atoms with E-state index < -0.39 is 0 Å². The van der Waals surface area contributed by atoms with E-state index >= 15 is 0 Å². The number of nitrogens with two attached hydrogens (primary N) is 1. The molecule has 1 aromatic carbocycles. The molecule has 0 aliphatic carbocycles. The lowest BCUT2D eigenvalue weighted by Crippen LogP contribution is -2.28. The largest absolute Gasteiger partial charge is 0.271 e. The molecule has 82 valence electrons. The third kappa shape index (κ3) is 3.15. The van der Waals surface area contributed by atoms with Crippen LogP contribution >= 0.6 is 0 Å². The molecule has 0 fully saturated rings. The Morgan fingerprint density at radius 2 is 2.27 bits per heavy atom. The molecule has 0 aliphatic rings. The highest BCUT2D eigenvalue weighted by atomic mass is 19.1. The normalized spacial score (nSPS) is 12.5. The van der Waals surface area contributed by atoms with Crippen molar-refractivity contribution in [3.05, 3.63) is 47.3 Å². The van der Waals surface area contributed by atoms with E-state index in [9.17, 15) is 4.39 Å². The molecule has 0 radical (unpaired) electrons. The number of hydrazine groups is 1. The SMILES string of the molecule is C=C(C)CC(NN)c1ccc(F)cc1C. The van der Waals surface area contributed by atoms with E-state index in [-0.39, 0.29) is 11.9 Å². The molecule has 2 nitrogen and oxygen atoms in total. The Labute approximate surface area is 90.0 Å². The van der Waals surface area contributed by atoms with Crippen molar-refractivity contribution in [1.82, 2.24) is 5.43 Å². The van der Waals surface area contributed by atoms with Gasteiger partial charge in [0.15, 0.2) is 0 Å². The molecule has 0 saturated carbocycles. The van der Waals surface area contributed by atoms with E-state index in [1.807, 2.05) is 13.8 Å². The Balaban J connectivity index is 2.96. The van der Waals surface area contributed by atoms with Crippen molar-refractivity contribution in [3.8, 4) is 0 Å². The zero-order valence-corrected chi connectivity index (χ0v) is 9.18. The monoisotopic (exact) mass is 208 g/mol. The third-order valence-electron chi connectivity index (χ3n) is 2.36. The van der Waals surface area contributed by atoms with Gasteiger partial charge in [0.25, 0.3) is 0 Å². The highest BCUT2D eigenvalue weighted by Gasteiger charge is 2.12. The van der Waals surface area contributed by atoms with Crippen LogP contribution in [0.15, 0.2) is 30.4 Å². The highest BCUT2D eigenvalue weighted by molar-refractivity contribution is 5.30. The van der Waals surface area contributed by atoms with Crippen LogP contribution in [0.1, 0.15) is 30.5 Å². The molecular formula is C12H17FN2. The van der Waals surface area contributed by atoms with Crippen LogP contribution in [0.4, 0.5) is 4.39 Å². The van der Waals surface area contributed by atoms with Gasteiger partial charge in [0.2, 0.25) is 0 Å². The standard InChI is InChI=1S/C12H17FN2/c1-8(2)6-12(15-14)11-5-4-10(13)7-9(11)3/h4-5,7,12,15H,1,6,14H2,2-3H3. The lowest BCUT2D eigenvalue weighted by molar-refractivity contribution is 0.545. The van der Waals surface area contributed by atoms with Crippen LogP contribution in [0, 0.1) is 12.7 Å². The Morgan fingerprint density at radius 1 is 1.60 bits per heavy atom. The maximum absolute atomic E-state index is 12.9. The first-order valence-electron chi connectivity index (χ1n) is 4.91. The summed E-state index contributed by atoms with van der Waals surface area (Å²) in [6, 6.07) is 4.73. The lowest BCUT2D eigenvalue weighted by atomic mass is 9.97. The van der Waals surface area contributed by atoms with Crippen LogP contribution in [0.5, 0.6) is 0 Å². The molecule has 0 saturated heterocycles. The van der Waals surface area contributed by atoms with Gasteiger partial charge in [-0.05, 0) is 43.5 Å². The van der Waals surface area contributed by atoms with Crippen molar-refractivity contribution in [1.29, 1.82) is 0 Å². The molecular weight excluding hydrogens is 191 g/mol. The van der Waals surface area contributed by atoms with E-state index in [1.54, 1.807) is 6.07 Å². The lowest BCUT2D eigenvalue weighted by Gasteiger charge is -2.18. The van der Waals surface area contributed by atoms with Gasteiger partial charge >= 0.3 is 0 Å². The molecule has 0 spiro atoms. The van der Waals surface area contributed by atoms with Gasteiger partial charge in [-0.3, -0.25) is 11.3 Å². The van der Waals surface area contributed by atoms with Gasteiger partial charge in [-0.25, -0.2) is 4.39 Å². The minimum Gasteiger partial charge on any atom is -0.271 e. The summed E-state index contributed by atoms with van der Waals surface area (Å²) in [5.74, 6) is 5.26. The van der Waals surface area contributed by atoms with Gasteiger partial charge in [-0.1, -0.05) is 11.6 Å². The van der Waals surface area contributed by atoms with E-state index in [1.165, 1.54) is 12.1 Å². The van der Waals surface area contributed by atoms with Crippen molar-refractivity contribution in [3.63, 3.8) is 0 Å². The van der Waals surface area contributed by atoms with Crippen LogP contribution in [0.2, 0.25) is 0 Å². The smallest absolute Gasteiger partial charge is 0.123 e. The molecule has 0 heterocycles. The van der Waals surface area contributed by atoms with Gasteiger partial charge in [0.1, 0.15) is 5.82 Å². The molecule has 1 unspecified atom stereocenters. The van der Waals surface area contributed by atoms with Crippen molar-refractivity contribution in [2.45, 2.75) is 26.3 Å². The number of halogens is 1. The summed E-state index contributed by atoms with van der Waals surface area (Å²) in [7, 11) is 0. The van der Waals surface area contributed by atoms with Gasteiger partial charge in [-0.15, -0.1) is 6.58 Å². The maximum Gasteiger partial charge on any atom is 0.123 e. The Bertz CT molecular complexity index is 361. The second kappa shape index (κ2) is 5.05. The molecule has 0 aliphatic heterocycles. The molecule has 1 atom stereocenters. The first kappa shape index (κ1) is 11.9. The predicted octanol–water partition coefficient (Wildman–Crippen LogP) is 2.60. The van der Waals surface area contributed by atoms with Crippen LogP contribution < -0.4 is 11.3 Å². The van der Waals surface area contributed by atoms with Gasteiger partial charge in [0, 0.05) is 6.04 Å². The molecule has 3 N–H and O–H groups in total. The Hall–Kier alpha value is -1.19. The topological polar surface area (TPSA) is 38.0 Å². The third-order valence-corrected chi connectivity index (χ3v) is 2.36. The number of nitrogens with one attached hydrogen (secondary N) is 1. The zero-order chi connectivity index (χ0) is 11.4. The van der Waals surface area contributed by atoms with E-state index in [4.69, 9.17) is 5.84 Å². The minimum absolute atomic E-state index is 0.00287. The maximum atomic E-state index is 12.9. The van der Waals surface area contributed by atoms with E-state index in [2.05, 4.69) is 12.0 Å². The Kier molecular flexibility index (Phi) is 4.00. The van der Waals surface area contributed by atoms with Crippen molar-refractivity contribution in [2.24, 2.45) is 5.84 Å². The summed E-state index contributed by atoms with van der Waals surface area (Å²) >= 11 is 0. The molecule has 3 heteroatoms. The average molecular weight is 208 g/mol. The van der Waals surface area contributed by atoms with E-state index in [0.717, 1.165) is 23.1 Å². The summed E-state index contributed by atoms with van der Waals surface area (Å²) in [6.07, 6.45) is 0.753. The zero-order valence-electron chi connectivity index (χ0n) is 9.18. The van der Waals surface area contributed by atoms with Crippen LogP contribution in [-0.2, 0) is 0 Å². The fourth-order valence-corrected chi connectivity index (χ4v) is 1.64. The quantitative estimate of drug-likeness (QED) is 0.453. The molecule has 1 rings (SSSR count). The second-order valence-electron chi connectivity index (χ2n) is 3.88. The molecule has 1 aromatic rings.